The van der Waals surface area contributed by atoms with Crippen molar-refractivity contribution in [1.29, 1.82) is 0 Å². The van der Waals surface area contributed by atoms with Crippen LogP contribution in [0.2, 0.25) is 0 Å². The summed E-state index contributed by atoms with van der Waals surface area (Å²) in [6.07, 6.45) is 9.57. The smallest absolute Gasteiger partial charge is 0.274 e. The predicted octanol–water partition coefficient (Wildman–Crippen LogP) is 3.18. The van der Waals surface area contributed by atoms with E-state index in [0.717, 1.165) is 35.2 Å². The van der Waals surface area contributed by atoms with Crippen molar-refractivity contribution < 1.29 is 8.76 Å². The highest BCUT2D eigenvalue weighted by Crippen LogP contribution is 2.53. The molecule has 7 nitrogen and oxygen atoms in total. The predicted molar refractivity (Wildman–Crippen MR) is 125 cm³/mol. The van der Waals surface area contributed by atoms with Crippen LogP contribution in [-0.2, 0) is 24.7 Å². The number of H-pyrrole nitrogens is 1. The first-order chi connectivity index (χ1) is 15.0. The summed E-state index contributed by atoms with van der Waals surface area (Å²) in [6.45, 7) is 2.55. The third-order valence-electron chi connectivity index (χ3n) is 6.84. The Labute approximate surface area is 183 Å². The summed E-state index contributed by atoms with van der Waals surface area (Å²) in [7, 11) is 1.79. The lowest BCUT2D eigenvalue weighted by molar-refractivity contribution is 0.395. The number of piperidine rings is 1. The Morgan fingerprint density at radius 3 is 2.84 bits per heavy atom. The van der Waals surface area contributed by atoms with Gasteiger partial charge in [-0.1, -0.05) is 6.07 Å². The van der Waals surface area contributed by atoms with E-state index < -0.39 is 11.3 Å². The normalized spacial score (nSPS) is 18.6. The van der Waals surface area contributed by atoms with Crippen molar-refractivity contribution in [1.82, 2.24) is 14.3 Å². The average molecular weight is 441 g/mol. The molecule has 2 aromatic heterocycles. The summed E-state index contributed by atoms with van der Waals surface area (Å²) in [5.41, 5.74) is 5.51. The molecule has 2 fully saturated rings. The van der Waals surface area contributed by atoms with E-state index in [9.17, 15) is 9.00 Å². The van der Waals surface area contributed by atoms with Crippen molar-refractivity contribution in [2.75, 3.05) is 24.5 Å². The van der Waals surface area contributed by atoms with Gasteiger partial charge in [0.25, 0.3) is 5.56 Å². The number of fused-ring (bicyclic) bond motifs is 1. The van der Waals surface area contributed by atoms with Gasteiger partial charge in [-0.05, 0) is 61.3 Å². The molecule has 0 amide bonds. The lowest BCUT2D eigenvalue weighted by atomic mass is 9.92. The molecular weight excluding hydrogens is 412 g/mol. The van der Waals surface area contributed by atoms with Gasteiger partial charge < -0.3 is 14.5 Å². The number of aryl methyl sites for hydroxylation is 1. The summed E-state index contributed by atoms with van der Waals surface area (Å²) in [6, 6.07) is 8.45. The first kappa shape index (κ1) is 20.5. The highest BCUT2D eigenvalue weighted by Gasteiger charge is 2.45. The van der Waals surface area contributed by atoms with E-state index in [4.69, 9.17) is 4.55 Å². The second kappa shape index (κ2) is 7.93. The van der Waals surface area contributed by atoms with Crippen LogP contribution in [0.3, 0.4) is 0 Å². The Kier molecular flexibility index (Phi) is 5.24. The van der Waals surface area contributed by atoms with Crippen molar-refractivity contribution in [3.8, 4) is 11.1 Å². The van der Waals surface area contributed by atoms with Crippen LogP contribution in [0.1, 0.15) is 31.2 Å². The Balaban J connectivity index is 1.61. The van der Waals surface area contributed by atoms with Gasteiger partial charge in [-0.25, -0.2) is 8.93 Å². The number of hydrogen-bond acceptors (Lipinski definition) is 3. The summed E-state index contributed by atoms with van der Waals surface area (Å²) >= 11 is -2.01. The molecule has 1 atom stereocenters. The van der Waals surface area contributed by atoms with Crippen LogP contribution in [-0.4, -0.2) is 37.9 Å². The Bertz CT molecular complexity index is 1210. The molecule has 2 aliphatic rings. The number of anilines is 1. The van der Waals surface area contributed by atoms with Crippen LogP contribution < -0.4 is 15.2 Å². The van der Waals surface area contributed by atoms with Crippen LogP contribution in [0.15, 0.2) is 41.5 Å². The third-order valence-corrected chi connectivity index (χ3v) is 7.29. The molecule has 1 aromatic carbocycles. The summed E-state index contributed by atoms with van der Waals surface area (Å²) in [5, 5.41) is 0.925. The van der Waals surface area contributed by atoms with Gasteiger partial charge in [0.2, 0.25) is 11.3 Å². The molecule has 0 bridgehead atoms. The second-order valence-electron chi connectivity index (χ2n) is 9.00. The molecule has 1 aliphatic heterocycles. The zero-order valence-electron chi connectivity index (χ0n) is 17.7. The molecule has 3 N–H and O–H groups in total. The molecule has 5 rings (SSSR count). The molecule has 3 heterocycles. The molecule has 1 saturated heterocycles. The van der Waals surface area contributed by atoms with E-state index >= 15 is 0 Å². The minimum atomic E-state index is -2.01. The fourth-order valence-corrected chi connectivity index (χ4v) is 5.27. The zero-order valence-corrected chi connectivity index (χ0v) is 18.5. The highest BCUT2D eigenvalue weighted by atomic mass is 32.2. The maximum absolute atomic E-state index is 12.6. The van der Waals surface area contributed by atoms with E-state index in [-0.39, 0.29) is 5.56 Å². The molecule has 1 saturated carbocycles. The largest absolute Gasteiger partial charge is 0.370 e. The molecule has 1 unspecified atom stereocenters. The first-order valence-electron chi connectivity index (χ1n) is 10.9. The van der Waals surface area contributed by atoms with Gasteiger partial charge in [0.15, 0.2) is 0 Å². The second-order valence-corrected chi connectivity index (χ2v) is 9.78. The monoisotopic (exact) mass is 440 g/mol. The maximum Gasteiger partial charge on any atom is 0.274 e. The fourth-order valence-electron chi connectivity index (χ4n) is 4.99. The third kappa shape index (κ3) is 3.95. The summed E-state index contributed by atoms with van der Waals surface area (Å²) in [5.74, 6) is 0. The number of aromatic nitrogens is 2. The number of rotatable bonds is 6. The van der Waals surface area contributed by atoms with Gasteiger partial charge in [0.05, 0.1) is 0 Å². The molecule has 8 heteroatoms. The Hall–Kier alpha value is -2.42. The first-order valence-corrected chi connectivity index (χ1v) is 12.0. The van der Waals surface area contributed by atoms with Crippen molar-refractivity contribution in [2.45, 2.75) is 32.1 Å². The molecule has 3 aromatic rings. The van der Waals surface area contributed by atoms with E-state index in [1.807, 2.05) is 18.5 Å². The number of nitrogens with zero attached hydrogens (tertiary/aromatic N) is 2. The maximum atomic E-state index is 12.6. The van der Waals surface area contributed by atoms with E-state index in [1.54, 1.807) is 11.6 Å². The summed E-state index contributed by atoms with van der Waals surface area (Å²) < 4.78 is 24.1. The van der Waals surface area contributed by atoms with Crippen molar-refractivity contribution in [2.24, 2.45) is 12.5 Å². The average Bonchev–Trinajstić information content (AvgIpc) is 3.30. The number of nitrogens with one attached hydrogen (secondary N) is 2. The zero-order chi connectivity index (χ0) is 21.6. The van der Waals surface area contributed by atoms with Crippen molar-refractivity contribution in [3.05, 3.63) is 52.6 Å². The van der Waals surface area contributed by atoms with Crippen molar-refractivity contribution >= 4 is 27.9 Å². The molecular formula is C23H28N4O3S. The Morgan fingerprint density at radius 1 is 1.23 bits per heavy atom. The van der Waals surface area contributed by atoms with Crippen LogP contribution in [0.5, 0.6) is 0 Å². The van der Waals surface area contributed by atoms with Gasteiger partial charge in [-0.3, -0.25) is 9.35 Å². The van der Waals surface area contributed by atoms with Gasteiger partial charge in [-0.2, -0.15) is 0 Å². The van der Waals surface area contributed by atoms with Crippen LogP contribution in [0.25, 0.3) is 22.0 Å². The van der Waals surface area contributed by atoms with E-state index in [1.165, 1.54) is 31.4 Å². The lowest BCUT2D eigenvalue weighted by Crippen LogP contribution is -2.36. The molecule has 164 valence electrons. The summed E-state index contributed by atoms with van der Waals surface area (Å²) in [4.78, 5) is 18.2. The fraction of sp³-hybridized carbons (Fsp3) is 0.435. The molecule has 1 aliphatic carbocycles. The topological polar surface area (TPSA) is 90.4 Å². The highest BCUT2D eigenvalue weighted by molar-refractivity contribution is 7.77. The SMILES string of the molecule is Cn1cc(-c2cc(CCNS(=O)O)ccc2N2CCCC3(CC3)C2)c2cc[nH]c2c1=O. The standard InChI is InChI=1S/C23H28N4O3S/c1-26-14-19(17-6-10-24-21(17)22(26)28)18-13-16(5-11-25-31(29)30)3-4-20(18)27-12-2-7-23(15-27)8-9-23/h3-4,6,10,13-14,24-25H,2,5,7-9,11-12,15H2,1H3,(H,29,30). The van der Waals surface area contributed by atoms with Gasteiger partial charge in [0.1, 0.15) is 5.52 Å². The van der Waals surface area contributed by atoms with Gasteiger partial charge in [-0.15, -0.1) is 0 Å². The number of pyridine rings is 1. The van der Waals surface area contributed by atoms with Crippen LogP contribution >= 0.6 is 0 Å². The Morgan fingerprint density at radius 2 is 2.06 bits per heavy atom. The lowest BCUT2D eigenvalue weighted by Gasteiger charge is -2.36. The van der Waals surface area contributed by atoms with Gasteiger partial charge >= 0.3 is 0 Å². The minimum absolute atomic E-state index is 0.0361. The van der Waals surface area contributed by atoms with Crippen LogP contribution in [0.4, 0.5) is 5.69 Å². The minimum Gasteiger partial charge on any atom is -0.370 e. The molecule has 31 heavy (non-hydrogen) atoms. The number of hydrogen-bond donors (Lipinski definition) is 3. The molecule has 1 spiro atoms. The quantitative estimate of drug-likeness (QED) is 0.514. The van der Waals surface area contributed by atoms with E-state index in [0.29, 0.717) is 23.9 Å². The number of benzene rings is 1. The number of aromatic amines is 1. The van der Waals surface area contributed by atoms with Crippen molar-refractivity contribution in [3.63, 3.8) is 0 Å². The van der Waals surface area contributed by atoms with E-state index in [2.05, 4.69) is 32.8 Å². The van der Waals surface area contributed by atoms with Gasteiger partial charge in [0, 0.05) is 61.3 Å². The molecule has 0 radical (unpaired) electrons. The van der Waals surface area contributed by atoms with Crippen LogP contribution in [0, 0.1) is 5.41 Å².